The Balaban J connectivity index is 1.92. The van der Waals surface area contributed by atoms with Crippen LogP contribution in [0.2, 0.25) is 0 Å². The average molecular weight is 338 g/mol. The molecule has 4 heteroatoms. The molecular weight excluding hydrogens is 312 g/mol. The van der Waals surface area contributed by atoms with Crippen molar-refractivity contribution in [2.45, 2.75) is 71.1 Å². The van der Waals surface area contributed by atoms with Crippen molar-refractivity contribution in [3.8, 4) is 6.07 Å². The Kier molecular flexibility index (Phi) is 4.60. The molecule has 1 aromatic rings. The largest absolute Gasteiger partial charge is 0.444 e. The number of amides is 1. The summed E-state index contributed by atoms with van der Waals surface area (Å²) in [5, 5.41) is 9.29. The minimum Gasteiger partial charge on any atom is -0.444 e. The highest BCUT2D eigenvalue weighted by Crippen LogP contribution is 2.39. The van der Waals surface area contributed by atoms with Gasteiger partial charge in [0.05, 0.1) is 17.7 Å². The molecule has 2 aliphatic heterocycles. The minimum absolute atomic E-state index is 0.0856. The Bertz CT molecular complexity index is 752. The monoisotopic (exact) mass is 338 g/mol. The molecule has 0 saturated carbocycles. The number of hydrogen-bond donors (Lipinski definition) is 0. The van der Waals surface area contributed by atoms with E-state index in [1.807, 2.05) is 44.7 Å². The van der Waals surface area contributed by atoms with E-state index in [2.05, 4.69) is 18.2 Å². The van der Waals surface area contributed by atoms with Crippen LogP contribution in [0, 0.1) is 18.3 Å². The maximum Gasteiger partial charge on any atom is 0.411 e. The second-order valence-electron chi connectivity index (χ2n) is 8.03. The topological polar surface area (TPSA) is 53.3 Å². The number of ether oxygens (including phenoxy) is 1. The van der Waals surface area contributed by atoms with Gasteiger partial charge in [-0.25, -0.2) is 4.79 Å². The van der Waals surface area contributed by atoms with Crippen LogP contribution in [0.1, 0.15) is 63.1 Å². The van der Waals surface area contributed by atoms with E-state index in [-0.39, 0.29) is 18.2 Å². The third kappa shape index (κ3) is 3.56. The number of hydrogen-bond acceptors (Lipinski definition) is 3. The SMILES string of the molecule is Cc1c(C#N)cccc1C1=CC2CCCC(C1)N2C(=O)OC(C)(C)C. The lowest BCUT2D eigenvalue weighted by molar-refractivity contribution is 0.0000852. The molecule has 1 aromatic carbocycles. The van der Waals surface area contributed by atoms with Crippen LogP contribution in [0.25, 0.3) is 5.57 Å². The molecule has 0 radical (unpaired) electrons. The number of carbonyl (C=O) groups excluding carboxylic acids is 1. The lowest BCUT2D eigenvalue weighted by Crippen LogP contribution is -2.53. The molecule has 2 unspecified atom stereocenters. The van der Waals surface area contributed by atoms with Crippen LogP contribution in [-0.2, 0) is 4.74 Å². The summed E-state index contributed by atoms with van der Waals surface area (Å²) < 4.78 is 5.63. The summed E-state index contributed by atoms with van der Waals surface area (Å²) >= 11 is 0. The summed E-state index contributed by atoms with van der Waals surface area (Å²) in [6, 6.07) is 8.41. The smallest absolute Gasteiger partial charge is 0.411 e. The zero-order chi connectivity index (χ0) is 18.2. The fraction of sp³-hybridized carbons (Fsp3) is 0.524. The fourth-order valence-corrected chi connectivity index (χ4v) is 3.93. The van der Waals surface area contributed by atoms with E-state index in [4.69, 9.17) is 4.74 Å². The molecule has 0 aromatic heterocycles. The lowest BCUT2D eigenvalue weighted by atomic mass is 9.81. The Hall–Kier alpha value is -2.28. The number of rotatable bonds is 1. The van der Waals surface area contributed by atoms with Crippen molar-refractivity contribution in [3.63, 3.8) is 0 Å². The van der Waals surface area contributed by atoms with Gasteiger partial charge in [-0.3, -0.25) is 4.90 Å². The Morgan fingerprint density at radius 1 is 1.32 bits per heavy atom. The Morgan fingerprint density at radius 3 is 2.72 bits per heavy atom. The Morgan fingerprint density at radius 2 is 2.08 bits per heavy atom. The predicted octanol–water partition coefficient (Wildman–Crippen LogP) is 4.81. The van der Waals surface area contributed by atoms with Crippen molar-refractivity contribution < 1.29 is 9.53 Å². The summed E-state index contributed by atoms with van der Waals surface area (Å²) in [6.07, 6.45) is 5.93. The van der Waals surface area contributed by atoms with Crippen LogP contribution in [0.15, 0.2) is 24.3 Å². The summed E-state index contributed by atoms with van der Waals surface area (Å²) in [5.41, 5.74) is 3.66. The molecule has 0 spiro atoms. The summed E-state index contributed by atoms with van der Waals surface area (Å²) in [4.78, 5) is 14.6. The van der Waals surface area contributed by atoms with Crippen molar-refractivity contribution in [1.82, 2.24) is 4.90 Å². The van der Waals surface area contributed by atoms with Gasteiger partial charge in [0.25, 0.3) is 0 Å². The molecule has 4 nitrogen and oxygen atoms in total. The molecule has 2 aliphatic rings. The van der Waals surface area contributed by atoms with Crippen molar-refractivity contribution >= 4 is 11.7 Å². The van der Waals surface area contributed by atoms with E-state index in [1.165, 1.54) is 5.57 Å². The summed E-state index contributed by atoms with van der Waals surface area (Å²) in [6.45, 7) is 7.72. The van der Waals surface area contributed by atoms with Crippen molar-refractivity contribution in [2.75, 3.05) is 0 Å². The van der Waals surface area contributed by atoms with E-state index in [0.717, 1.165) is 42.4 Å². The number of benzene rings is 1. The first kappa shape index (κ1) is 17.5. The highest BCUT2D eigenvalue weighted by atomic mass is 16.6. The van der Waals surface area contributed by atoms with Crippen LogP contribution in [-0.4, -0.2) is 28.7 Å². The van der Waals surface area contributed by atoms with Crippen LogP contribution < -0.4 is 0 Å². The van der Waals surface area contributed by atoms with Crippen LogP contribution >= 0.6 is 0 Å². The first-order valence-corrected chi connectivity index (χ1v) is 9.02. The van der Waals surface area contributed by atoms with Gasteiger partial charge < -0.3 is 4.74 Å². The van der Waals surface area contributed by atoms with Crippen LogP contribution in [0.4, 0.5) is 4.79 Å². The molecule has 3 rings (SSSR count). The molecule has 2 bridgehead atoms. The summed E-state index contributed by atoms with van der Waals surface area (Å²) in [5.74, 6) is 0. The highest BCUT2D eigenvalue weighted by molar-refractivity contribution is 5.76. The zero-order valence-corrected chi connectivity index (χ0v) is 15.5. The second kappa shape index (κ2) is 6.55. The standard InChI is InChI=1S/C21H26N2O2/c1-14-15(13-22)7-5-10-19(14)16-11-17-8-6-9-18(12-16)23(17)20(24)25-21(2,3)4/h5,7,10-11,17-18H,6,8-9,12H2,1-4H3. The van der Waals surface area contributed by atoms with E-state index in [9.17, 15) is 10.1 Å². The third-order valence-corrected chi connectivity index (χ3v) is 5.04. The molecule has 1 saturated heterocycles. The fourth-order valence-electron chi connectivity index (χ4n) is 3.93. The van der Waals surface area contributed by atoms with Gasteiger partial charge in [-0.05, 0) is 76.1 Å². The van der Waals surface area contributed by atoms with Gasteiger partial charge in [0.1, 0.15) is 5.60 Å². The van der Waals surface area contributed by atoms with Gasteiger partial charge in [0.2, 0.25) is 0 Å². The first-order valence-electron chi connectivity index (χ1n) is 9.02. The quantitative estimate of drug-likeness (QED) is 0.738. The molecule has 0 N–H and O–H groups in total. The van der Waals surface area contributed by atoms with Gasteiger partial charge in [-0.2, -0.15) is 5.26 Å². The third-order valence-electron chi connectivity index (χ3n) is 5.04. The molecule has 1 fully saturated rings. The zero-order valence-electron chi connectivity index (χ0n) is 15.5. The predicted molar refractivity (Wildman–Crippen MR) is 98.0 cm³/mol. The lowest BCUT2D eigenvalue weighted by Gasteiger charge is -2.45. The molecule has 0 aliphatic carbocycles. The number of piperidine rings is 1. The van der Waals surface area contributed by atoms with Gasteiger partial charge in [0, 0.05) is 6.04 Å². The molecule has 25 heavy (non-hydrogen) atoms. The number of fused-ring (bicyclic) bond motifs is 2. The number of carbonyl (C=O) groups is 1. The van der Waals surface area contributed by atoms with Gasteiger partial charge in [0.15, 0.2) is 0 Å². The molecule has 132 valence electrons. The Labute approximate surface area is 150 Å². The second-order valence-corrected chi connectivity index (χ2v) is 8.03. The van der Waals surface area contributed by atoms with E-state index in [0.29, 0.717) is 0 Å². The normalized spacial score (nSPS) is 22.8. The van der Waals surface area contributed by atoms with Gasteiger partial charge >= 0.3 is 6.09 Å². The van der Waals surface area contributed by atoms with Gasteiger partial charge in [-0.15, -0.1) is 0 Å². The number of nitriles is 1. The molecular formula is C21H26N2O2. The number of nitrogens with zero attached hydrogens (tertiary/aromatic N) is 2. The van der Waals surface area contributed by atoms with E-state index >= 15 is 0 Å². The summed E-state index contributed by atoms with van der Waals surface area (Å²) in [7, 11) is 0. The maximum absolute atomic E-state index is 12.7. The molecule has 2 atom stereocenters. The van der Waals surface area contributed by atoms with Crippen molar-refractivity contribution in [1.29, 1.82) is 5.26 Å². The van der Waals surface area contributed by atoms with Crippen LogP contribution in [0.5, 0.6) is 0 Å². The molecule has 1 amide bonds. The first-order chi connectivity index (χ1) is 11.8. The van der Waals surface area contributed by atoms with E-state index in [1.54, 1.807) is 0 Å². The van der Waals surface area contributed by atoms with E-state index < -0.39 is 5.60 Å². The maximum atomic E-state index is 12.7. The van der Waals surface area contributed by atoms with Crippen molar-refractivity contribution in [2.24, 2.45) is 0 Å². The molecule has 2 heterocycles. The average Bonchev–Trinajstić information content (AvgIpc) is 2.52. The van der Waals surface area contributed by atoms with Crippen molar-refractivity contribution in [3.05, 3.63) is 41.0 Å². The van der Waals surface area contributed by atoms with Crippen LogP contribution in [0.3, 0.4) is 0 Å². The van der Waals surface area contributed by atoms with Gasteiger partial charge in [-0.1, -0.05) is 18.2 Å². The highest BCUT2D eigenvalue weighted by Gasteiger charge is 2.39. The minimum atomic E-state index is -0.479.